The number of aryl methyl sites for hydroxylation is 1. The number of amides is 2. The van der Waals surface area contributed by atoms with Crippen molar-refractivity contribution in [3.63, 3.8) is 0 Å². The van der Waals surface area contributed by atoms with E-state index in [1.165, 1.54) is 0 Å². The summed E-state index contributed by atoms with van der Waals surface area (Å²) in [5.74, 6) is -0.498. The number of methoxy groups -OCH3 is 1. The molecule has 0 aliphatic carbocycles. The predicted octanol–water partition coefficient (Wildman–Crippen LogP) is 4.82. The smallest absolute Gasteiger partial charge is 0.256 e. The van der Waals surface area contributed by atoms with Gasteiger partial charge in [-0.3, -0.25) is 14.6 Å². The van der Waals surface area contributed by atoms with Crippen LogP contribution in [0.1, 0.15) is 45.7 Å². The van der Waals surface area contributed by atoms with Gasteiger partial charge < -0.3 is 15.4 Å². The lowest BCUT2D eigenvalue weighted by atomic mass is 9.84. The Morgan fingerprint density at radius 3 is 2.45 bits per heavy atom. The van der Waals surface area contributed by atoms with Gasteiger partial charge in [0.25, 0.3) is 11.8 Å². The molecule has 31 heavy (non-hydrogen) atoms. The molecule has 0 saturated heterocycles. The van der Waals surface area contributed by atoms with Crippen LogP contribution in [0.2, 0.25) is 0 Å². The first-order valence-corrected chi connectivity index (χ1v) is 10.0. The second kappa shape index (κ2) is 9.53. The van der Waals surface area contributed by atoms with Gasteiger partial charge in [0.05, 0.1) is 18.5 Å². The Labute approximate surface area is 182 Å². The van der Waals surface area contributed by atoms with Crippen molar-refractivity contribution in [3.8, 4) is 0 Å². The maximum absolute atomic E-state index is 12.9. The van der Waals surface area contributed by atoms with Gasteiger partial charge in [-0.25, -0.2) is 0 Å². The fourth-order valence-electron chi connectivity index (χ4n) is 3.31. The standard InChI is InChI=1S/C25H27N3O3/c1-17-10-11-20(14-22(17)24(30)28-21-9-6-12-26-15-21)27-23(29)18-7-5-8-19(13-18)25(2,3)16-31-4/h5-15H,16H2,1-4H3,(H,27,29)(H,28,30). The van der Waals surface area contributed by atoms with Crippen molar-refractivity contribution in [2.75, 3.05) is 24.4 Å². The molecule has 0 bridgehead atoms. The second-order valence-electron chi connectivity index (χ2n) is 8.08. The molecule has 0 atom stereocenters. The van der Waals surface area contributed by atoms with E-state index in [9.17, 15) is 9.59 Å². The van der Waals surface area contributed by atoms with Gasteiger partial charge in [-0.1, -0.05) is 32.0 Å². The molecule has 0 unspecified atom stereocenters. The van der Waals surface area contributed by atoms with Gasteiger partial charge in [-0.15, -0.1) is 0 Å². The molecule has 160 valence electrons. The van der Waals surface area contributed by atoms with Crippen molar-refractivity contribution in [2.24, 2.45) is 0 Å². The molecule has 2 N–H and O–H groups in total. The topological polar surface area (TPSA) is 80.3 Å². The minimum Gasteiger partial charge on any atom is -0.384 e. The molecule has 2 aromatic carbocycles. The first-order chi connectivity index (χ1) is 14.8. The lowest BCUT2D eigenvalue weighted by Crippen LogP contribution is -2.24. The van der Waals surface area contributed by atoms with Gasteiger partial charge in [0.1, 0.15) is 0 Å². The summed E-state index contributed by atoms with van der Waals surface area (Å²) in [5.41, 5.74) is 3.79. The number of nitrogens with zero attached hydrogens (tertiary/aromatic N) is 1. The highest BCUT2D eigenvalue weighted by Crippen LogP contribution is 2.25. The number of ether oxygens (including phenoxy) is 1. The molecule has 3 aromatic rings. The van der Waals surface area contributed by atoms with Crippen LogP contribution in [-0.4, -0.2) is 30.5 Å². The van der Waals surface area contributed by atoms with E-state index in [-0.39, 0.29) is 17.2 Å². The molecule has 0 aliphatic heterocycles. The largest absolute Gasteiger partial charge is 0.384 e. The normalized spacial score (nSPS) is 11.1. The monoisotopic (exact) mass is 417 g/mol. The number of carbonyl (C=O) groups is 2. The SMILES string of the molecule is COCC(C)(C)c1cccc(C(=O)Nc2ccc(C)c(C(=O)Nc3cccnc3)c2)c1. The minimum atomic E-state index is -0.259. The average Bonchev–Trinajstić information content (AvgIpc) is 2.75. The minimum absolute atomic E-state index is 0.216. The zero-order valence-electron chi connectivity index (χ0n) is 18.2. The highest BCUT2D eigenvalue weighted by atomic mass is 16.5. The molecule has 1 heterocycles. The number of carbonyl (C=O) groups excluding carboxylic acids is 2. The summed E-state index contributed by atoms with van der Waals surface area (Å²) in [6.45, 7) is 6.54. The van der Waals surface area contributed by atoms with Crippen LogP contribution < -0.4 is 10.6 Å². The number of aromatic nitrogens is 1. The molecule has 6 nitrogen and oxygen atoms in total. The molecule has 3 rings (SSSR count). The summed E-state index contributed by atoms with van der Waals surface area (Å²) in [7, 11) is 1.66. The van der Waals surface area contributed by atoms with Crippen LogP contribution in [0, 0.1) is 6.92 Å². The highest BCUT2D eigenvalue weighted by molar-refractivity contribution is 6.08. The lowest BCUT2D eigenvalue weighted by Gasteiger charge is -2.24. The number of hydrogen-bond acceptors (Lipinski definition) is 4. The van der Waals surface area contributed by atoms with Crippen LogP contribution in [0.3, 0.4) is 0 Å². The van der Waals surface area contributed by atoms with E-state index in [0.717, 1.165) is 11.1 Å². The van der Waals surface area contributed by atoms with Crippen molar-refractivity contribution in [1.82, 2.24) is 4.98 Å². The van der Waals surface area contributed by atoms with Gasteiger partial charge in [0.2, 0.25) is 0 Å². The Kier molecular flexibility index (Phi) is 6.82. The van der Waals surface area contributed by atoms with Crippen molar-refractivity contribution in [3.05, 3.63) is 89.2 Å². The van der Waals surface area contributed by atoms with Gasteiger partial charge in [0.15, 0.2) is 0 Å². The lowest BCUT2D eigenvalue weighted by molar-refractivity contribution is 0.101. The van der Waals surface area contributed by atoms with E-state index >= 15 is 0 Å². The first-order valence-electron chi connectivity index (χ1n) is 10.0. The highest BCUT2D eigenvalue weighted by Gasteiger charge is 2.21. The molecule has 1 aromatic heterocycles. The van der Waals surface area contributed by atoms with Crippen molar-refractivity contribution < 1.29 is 14.3 Å². The molecular formula is C25H27N3O3. The maximum Gasteiger partial charge on any atom is 0.256 e. The van der Waals surface area contributed by atoms with Gasteiger partial charge >= 0.3 is 0 Å². The second-order valence-corrected chi connectivity index (χ2v) is 8.08. The van der Waals surface area contributed by atoms with E-state index in [4.69, 9.17) is 4.74 Å². The zero-order chi connectivity index (χ0) is 22.4. The van der Waals surface area contributed by atoms with Gasteiger partial charge in [-0.2, -0.15) is 0 Å². The van der Waals surface area contributed by atoms with E-state index in [1.807, 2.05) is 31.2 Å². The van der Waals surface area contributed by atoms with Crippen LogP contribution in [-0.2, 0) is 10.2 Å². The fourth-order valence-corrected chi connectivity index (χ4v) is 3.31. The summed E-state index contributed by atoms with van der Waals surface area (Å²) >= 11 is 0. The van der Waals surface area contributed by atoms with Crippen LogP contribution in [0.25, 0.3) is 0 Å². The zero-order valence-corrected chi connectivity index (χ0v) is 18.2. The molecule has 0 saturated carbocycles. The summed E-state index contributed by atoms with van der Waals surface area (Å²) < 4.78 is 5.30. The molecular weight excluding hydrogens is 390 g/mol. The number of hydrogen-bond donors (Lipinski definition) is 2. The van der Waals surface area contributed by atoms with E-state index in [1.54, 1.807) is 49.8 Å². The first kappa shape index (κ1) is 22.2. The summed E-state index contributed by atoms with van der Waals surface area (Å²) in [6, 6.07) is 16.3. The van der Waals surface area contributed by atoms with Crippen LogP contribution >= 0.6 is 0 Å². The Morgan fingerprint density at radius 2 is 1.74 bits per heavy atom. The van der Waals surface area contributed by atoms with Gasteiger partial charge in [-0.05, 0) is 54.4 Å². The molecule has 6 heteroatoms. The summed E-state index contributed by atoms with van der Waals surface area (Å²) in [5, 5.41) is 5.71. The van der Waals surface area contributed by atoms with Crippen molar-refractivity contribution in [2.45, 2.75) is 26.2 Å². The number of rotatable bonds is 7. The molecule has 2 amide bonds. The molecule has 0 spiro atoms. The molecule has 0 aliphatic rings. The quantitative estimate of drug-likeness (QED) is 0.578. The number of benzene rings is 2. The third-order valence-electron chi connectivity index (χ3n) is 5.07. The fraction of sp³-hybridized carbons (Fsp3) is 0.240. The Hall–Kier alpha value is -3.51. The van der Waals surface area contributed by atoms with E-state index in [2.05, 4.69) is 29.5 Å². The van der Waals surface area contributed by atoms with E-state index in [0.29, 0.717) is 29.1 Å². The molecule has 0 fully saturated rings. The van der Waals surface area contributed by atoms with Gasteiger partial charge in [0, 0.05) is 35.5 Å². The maximum atomic E-state index is 12.9. The van der Waals surface area contributed by atoms with Crippen LogP contribution in [0.15, 0.2) is 67.0 Å². The Balaban J connectivity index is 1.78. The molecule has 0 radical (unpaired) electrons. The number of nitrogens with one attached hydrogen (secondary N) is 2. The third-order valence-corrected chi connectivity index (χ3v) is 5.07. The van der Waals surface area contributed by atoms with Crippen molar-refractivity contribution in [1.29, 1.82) is 0 Å². The van der Waals surface area contributed by atoms with Crippen LogP contribution in [0.5, 0.6) is 0 Å². The summed E-state index contributed by atoms with van der Waals surface area (Å²) in [4.78, 5) is 29.6. The Morgan fingerprint density at radius 1 is 0.968 bits per heavy atom. The van der Waals surface area contributed by atoms with Crippen LogP contribution in [0.4, 0.5) is 11.4 Å². The summed E-state index contributed by atoms with van der Waals surface area (Å²) in [6.07, 6.45) is 3.22. The Bertz CT molecular complexity index is 1080. The number of pyridine rings is 1. The number of anilines is 2. The third kappa shape index (κ3) is 5.55. The van der Waals surface area contributed by atoms with E-state index < -0.39 is 0 Å². The average molecular weight is 418 g/mol. The van der Waals surface area contributed by atoms with Crippen molar-refractivity contribution >= 4 is 23.2 Å². The predicted molar refractivity (Wildman–Crippen MR) is 123 cm³/mol.